The first kappa shape index (κ1) is 25.3. The summed E-state index contributed by atoms with van der Waals surface area (Å²) in [5, 5.41) is 10.4. The second-order valence-electron chi connectivity index (χ2n) is 6.51. The first-order chi connectivity index (χ1) is 13.4. The Labute approximate surface area is 167 Å². The van der Waals surface area contributed by atoms with Crippen molar-refractivity contribution in [3.8, 4) is 0 Å². The minimum atomic E-state index is -5.69. The van der Waals surface area contributed by atoms with Crippen LogP contribution in [0.5, 0.6) is 0 Å². The van der Waals surface area contributed by atoms with E-state index >= 15 is 0 Å². The summed E-state index contributed by atoms with van der Waals surface area (Å²) < 4.78 is 51.7. The minimum Gasteiger partial charge on any atom is -0.387 e. The van der Waals surface area contributed by atoms with Crippen molar-refractivity contribution in [3.05, 3.63) is 32.6 Å². The summed E-state index contributed by atoms with van der Waals surface area (Å²) >= 11 is 0. The van der Waals surface area contributed by atoms with Crippen molar-refractivity contribution in [2.24, 2.45) is 0 Å². The molecule has 0 bridgehead atoms. The van der Waals surface area contributed by atoms with Crippen LogP contribution in [0.3, 0.4) is 0 Å². The Balaban J connectivity index is 2.10. The van der Waals surface area contributed by atoms with Gasteiger partial charge in [-0.25, -0.2) is 18.5 Å². The smallest absolute Gasteiger partial charge is 0.387 e. The van der Waals surface area contributed by atoms with Crippen LogP contribution in [0.2, 0.25) is 0 Å². The highest BCUT2D eigenvalue weighted by molar-refractivity contribution is 7.66. The Hall–Kier alpha value is -0.990. The molecule has 1 aromatic heterocycles. The fourth-order valence-electron chi connectivity index (χ4n) is 2.52. The van der Waals surface area contributed by atoms with Crippen LogP contribution in [-0.4, -0.2) is 52.5 Å². The molecule has 0 saturated carbocycles. The molecule has 19 heteroatoms. The quantitative estimate of drug-likeness (QED) is 0.242. The Bertz CT molecular complexity index is 1060. The molecule has 0 amide bonds. The molecule has 0 aliphatic carbocycles. The van der Waals surface area contributed by atoms with E-state index in [9.17, 15) is 33.3 Å². The number of aromatic nitrogens is 2. The lowest BCUT2D eigenvalue weighted by Gasteiger charge is -2.24. The van der Waals surface area contributed by atoms with Crippen molar-refractivity contribution in [1.82, 2.24) is 9.55 Å². The van der Waals surface area contributed by atoms with Gasteiger partial charge in [-0.2, -0.15) is 8.62 Å². The molecule has 5 atom stereocenters. The third-order valence-corrected chi connectivity index (χ3v) is 7.67. The molecule has 16 nitrogen and oxygen atoms in total. The number of phosphoric ester groups is 1. The van der Waals surface area contributed by atoms with Crippen LogP contribution in [0, 0.1) is 6.92 Å². The average molecular weight is 496 g/mol. The van der Waals surface area contributed by atoms with Gasteiger partial charge in [-0.05, 0) is 13.8 Å². The van der Waals surface area contributed by atoms with Gasteiger partial charge in [0.2, 0.25) is 0 Å². The summed E-state index contributed by atoms with van der Waals surface area (Å²) in [7, 11) is -16.6. The molecule has 0 radical (unpaired) electrons. The van der Waals surface area contributed by atoms with Crippen molar-refractivity contribution >= 4 is 23.5 Å². The van der Waals surface area contributed by atoms with Gasteiger partial charge in [0.1, 0.15) is 12.3 Å². The second-order valence-corrected chi connectivity index (χ2v) is 10.9. The van der Waals surface area contributed by atoms with Crippen LogP contribution in [0.4, 0.5) is 0 Å². The third-order valence-electron chi connectivity index (χ3n) is 3.86. The Kier molecular flexibility index (Phi) is 7.17. The van der Waals surface area contributed by atoms with E-state index in [0.717, 1.165) is 4.57 Å². The summed E-state index contributed by atoms with van der Waals surface area (Å²) in [5.74, 6) is 0. The maximum absolute atomic E-state index is 12.0. The van der Waals surface area contributed by atoms with Crippen molar-refractivity contribution in [3.63, 3.8) is 0 Å². The van der Waals surface area contributed by atoms with E-state index in [1.807, 2.05) is 4.98 Å². The third kappa shape index (κ3) is 6.76. The molecule has 1 aromatic rings. The first-order valence-corrected chi connectivity index (χ1v) is 12.4. The zero-order valence-corrected chi connectivity index (χ0v) is 18.0. The fraction of sp³-hybridized carbons (Fsp3) is 0.636. The van der Waals surface area contributed by atoms with E-state index < -0.39 is 59.3 Å². The number of nitrogens with zero attached hydrogens (tertiary/aromatic N) is 1. The predicted molar refractivity (Wildman–Crippen MR) is 95.0 cm³/mol. The maximum atomic E-state index is 12.0. The zero-order chi connectivity index (χ0) is 23.1. The summed E-state index contributed by atoms with van der Waals surface area (Å²) in [6.45, 7) is 1.78. The van der Waals surface area contributed by atoms with Crippen LogP contribution in [0.25, 0.3) is 0 Å². The molecule has 172 valence electrons. The number of hydrogen-bond acceptors (Lipinski definition) is 10. The first-order valence-electron chi connectivity index (χ1n) is 7.89. The van der Waals surface area contributed by atoms with Crippen molar-refractivity contribution in [1.29, 1.82) is 0 Å². The molecule has 2 unspecified atom stereocenters. The molecule has 0 aromatic carbocycles. The highest BCUT2D eigenvalue weighted by Crippen LogP contribution is 2.66. The van der Waals surface area contributed by atoms with E-state index in [2.05, 4.69) is 13.1 Å². The number of aromatic amines is 1. The Morgan fingerprint density at radius 2 is 1.80 bits per heavy atom. The highest BCUT2D eigenvalue weighted by Gasteiger charge is 2.47. The van der Waals surface area contributed by atoms with E-state index in [0.29, 0.717) is 0 Å². The van der Waals surface area contributed by atoms with E-state index in [1.165, 1.54) is 20.0 Å². The predicted octanol–water partition coefficient (Wildman–Crippen LogP) is -0.773. The number of nitrogens with one attached hydrogen (secondary N) is 1. The lowest BCUT2D eigenvalue weighted by molar-refractivity contribution is -0.0738. The van der Waals surface area contributed by atoms with Gasteiger partial charge in [0, 0.05) is 18.2 Å². The number of H-pyrrole nitrogens is 1. The largest absolute Gasteiger partial charge is 0.490 e. The van der Waals surface area contributed by atoms with Gasteiger partial charge in [-0.1, -0.05) is 0 Å². The lowest BCUT2D eigenvalue weighted by atomic mass is 9.98. The monoisotopic (exact) mass is 496 g/mol. The number of ether oxygens (including phenoxy) is 1. The van der Waals surface area contributed by atoms with Crippen LogP contribution in [0.1, 0.15) is 25.1 Å². The van der Waals surface area contributed by atoms with Crippen LogP contribution in [-0.2, 0) is 31.6 Å². The molecule has 0 spiro atoms. The average Bonchev–Trinajstić information content (AvgIpc) is 2.80. The number of phosphoric acid groups is 3. The fourth-order valence-corrected chi connectivity index (χ4v) is 5.54. The van der Waals surface area contributed by atoms with Crippen LogP contribution >= 0.6 is 23.5 Å². The maximum Gasteiger partial charge on any atom is 0.490 e. The molecule has 1 aliphatic heterocycles. The minimum absolute atomic E-state index is 0.176. The molecular weight excluding hydrogens is 477 g/mol. The molecule has 6 N–H and O–H groups in total. The molecule has 2 heterocycles. The van der Waals surface area contributed by atoms with E-state index in [1.54, 1.807) is 0 Å². The van der Waals surface area contributed by atoms with Gasteiger partial charge in [0.05, 0.1) is 12.2 Å². The van der Waals surface area contributed by atoms with Crippen molar-refractivity contribution in [2.75, 3.05) is 6.61 Å². The van der Waals surface area contributed by atoms with Crippen LogP contribution in [0.15, 0.2) is 15.8 Å². The number of hydrogen-bond donors (Lipinski definition) is 6. The number of aliphatic hydroxyl groups is 1. The van der Waals surface area contributed by atoms with Gasteiger partial charge in [0.15, 0.2) is 0 Å². The summed E-state index contributed by atoms with van der Waals surface area (Å²) in [6, 6.07) is 0. The summed E-state index contributed by atoms with van der Waals surface area (Å²) in [6.07, 6.45) is -1.47. The van der Waals surface area contributed by atoms with E-state index in [4.69, 9.17) is 19.4 Å². The Morgan fingerprint density at radius 3 is 2.37 bits per heavy atom. The molecule has 2 rings (SSSR count). The van der Waals surface area contributed by atoms with Gasteiger partial charge in [-0.3, -0.25) is 18.9 Å². The SMILES string of the molecule is Cc1cn([C@H]2C[C@](C)(O)[C@@H](COP(=O)(O)OP(=O)(O)OP(=O)(O)O)O2)c(=O)[nH]c1=O. The second kappa shape index (κ2) is 8.51. The number of rotatable bonds is 8. The molecule has 1 saturated heterocycles. The lowest BCUT2D eigenvalue weighted by Crippen LogP contribution is -2.37. The van der Waals surface area contributed by atoms with Gasteiger partial charge < -0.3 is 29.4 Å². The summed E-state index contributed by atoms with van der Waals surface area (Å²) in [5.41, 5.74) is -3.00. The summed E-state index contributed by atoms with van der Waals surface area (Å²) in [4.78, 5) is 61.0. The van der Waals surface area contributed by atoms with Crippen molar-refractivity contribution < 1.29 is 56.3 Å². The van der Waals surface area contributed by atoms with Gasteiger partial charge in [-0.15, -0.1) is 0 Å². The zero-order valence-electron chi connectivity index (χ0n) is 15.3. The Morgan fingerprint density at radius 1 is 1.20 bits per heavy atom. The highest BCUT2D eigenvalue weighted by atomic mass is 31.3. The van der Waals surface area contributed by atoms with E-state index in [-0.39, 0.29) is 12.0 Å². The molecule has 1 aliphatic rings. The normalized spacial score (nSPS) is 28.8. The van der Waals surface area contributed by atoms with Crippen LogP contribution < -0.4 is 11.2 Å². The molecule has 30 heavy (non-hydrogen) atoms. The number of aryl methyl sites for hydroxylation is 1. The van der Waals surface area contributed by atoms with Crippen molar-refractivity contribution in [2.45, 2.75) is 38.2 Å². The topological polar surface area (TPSA) is 244 Å². The molecule has 1 fully saturated rings. The van der Waals surface area contributed by atoms with Gasteiger partial charge >= 0.3 is 29.2 Å². The molecular formula is C11H19N2O14P3. The standard InChI is InChI=1S/C11H19N2O14P3/c1-6-4-13(10(15)12-9(6)14)8-3-11(2,16)7(25-8)5-24-29(20,21)27-30(22,23)26-28(17,18)19/h4,7-8,16H,3,5H2,1-2H3,(H,20,21)(H,22,23)(H,12,14,15)(H2,17,18,19)/t7-,8-,11+/m1/s1. The van der Waals surface area contributed by atoms with Gasteiger partial charge in [0.25, 0.3) is 5.56 Å².